The quantitative estimate of drug-likeness (QED) is 0.722. The molecule has 0 aliphatic carbocycles. The third-order valence-corrected chi connectivity index (χ3v) is 4.36. The van der Waals surface area contributed by atoms with Crippen LogP contribution in [0.1, 0.15) is 71.8 Å². The van der Waals surface area contributed by atoms with Crippen LogP contribution in [0.15, 0.2) is 4.47 Å². The molecule has 1 rings (SSSR count). The van der Waals surface area contributed by atoms with Crippen molar-refractivity contribution in [1.29, 1.82) is 0 Å². The Bertz CT molecular complexity index is 465. The summed E-state index contributed by atoms with van der Waals surface area (Å²) in [6.07, 6.45) is 1.90. The standard InChI is InChI=1S/C16H28BrN3O/c1-7-10-18-14-12(17)13(11(4)5)19-15(20-14)16(6,8-2)21-9-3/h11H,7-10H2,1-6H3,(H,18,19,20). The second-order valence-electron chi connectivity index (χ2n) is 5.69. The number of halogens is 1. The molecule has 0 spiro atoms. The number of ether oxygens (including phenoxy) is 1. The number of hydrogen-bond donors (Lipinski definition) is 1. The Morgan fingerprint density at radius 1 is 1.24 bits per heavy atom. The van der Waals surface area contributed by atoms with Crippen LogP contribution in [0.4, 0.5) is 5.82 Å². The molecule has 1 heterocycles. The van der Waals surface area contributed by atoms with E-state index >= 15 is 0 Å². The molecule has 5 heteroatoms. The van der Waals surface area contributed by atoms with Gasteiger partial charge < -0.3 is 10.1 Å². The lowest BCUT2D eigenvalue weighted by atomic mass is 10.0. The van der Waals surface area contributed by atoms with E-state index in [-0.39, 0.29) is 0 Å². The van der Waals surface area contributed by atoms with E-state index in [1.807, 2.05) is 6.92 Å². The molecule has 0 amide bonds. The smallest absolute Gasteiger partial charge is 0.162 e. The summed E-state index contributed by atoms with van der Waals surface area (Å²) in [6, 6.07) is 0. The average molecular weight is 358 g/mol. The van der Waals surface area contributed by atoms with Crippen LogP contribution in [0.3, 0.4) is 0 Å². The molecule has 0 saturated heterocycles. The fourth-order valence-corrected chi connectivity index (χ4v) is 2.86. The topological polar surface area (TPSA) is 47.0 Å². The van der Waals surface area contributed by atoms with Gasteiger partial charge in [-0.2, -0.15) is 0 Å². The lowest BCUT2D eigenvalue weighted by molar-refractivity contribution is -0.0391. The SMILES string of the molecule is CCCNc1nc(C(C)(CC)OCC)nc(C(C)C)c1Br. The zero-order valence-electron chi connectivity index (χ0n) is 14.1. The minimum absolute atomic E-state index is 0.325. The molecule has 1 unspecified atom stereocenters. The van der Waals surface area contributed by atoms with Crippen LogP contribution < -0.4 is 5.32 Å². The van der Waals surface area contributed by atoms with Crippen LogP contribution in [0, 0.1) is 0 Å². The predicted molar refractivity (Wildman–Crippen MR) is 91.9 cm³/mol. The normalized spacial score (nSPS) is 14.3. The second-order valence-corrected chi connectivity index (χ2v) is 6.49. The summed E-state index contributed by atoms with van der Waals surface area (Å²) < 4.78 is 6.89. The van der Waals surface area contributed by atoms with Crippen LogP contribution in [0.25, 0.3) is 0 Å². The molecule has 21 heavy (non-hydrogen) atoms. The van der Waals surface area contributed by atoms with Gasteiger partial charge >= 0.3 is 0 Å². The number of anilines is 1. The van der Waals surface area contributed by atoms with Crippen molar-refractivity contribution in [3.63, 3.8) is 0 Å². The molecule has 1 N–H and O–H groups in total. The molecule has 0 aromatic carbocycles. The van der Waals surface area contributed by atoms with Crippen molar-refractivity contribution in [1.82, 2.24) is 9.97 Å². The van der Waals surface area contributed by atoms with Crippen LogP contribution in [0.2, 0.25) is 0 Å². The van der Waals surface area contributed by atoms with Crippen LogP contribution in [0.5, 0.6) is 0 Å². The number of hydrogen-bond acceptors (Lipinski definition) is 4. The van der Waals surface area contributed by atoms with Gasteiger partial charge in [-0.3, -0.25) is 0 Å². The molecule has 120 valence electrons. The Balaban J connectivity index is 3.34. The minimum Gasteiger partial charge on any atom is -0.369 e. The maximum atomic E-state index is 5.93. The van der Waals surface area contributed by atoms with E-state index < -0.39 is 5.60 Å². The number of nitrogens with zero attached hydrogens (tertiary/aromatic N) is 2. The Hall–Kier alpha value is -0.680. The van der Waals surface area contributed by atoms with Gasteiger partial charge in [-0.1, -0.05) is 27.7 Å². The summed E-state index contributed by atoms with van der Waals surface area (Å²) in [5.41, 5.74) is 0.583. The Morgan fingerprint density at radius 3 is 2.38 bits per heavy atom. The third kappa shape index (κ3) is 4.39. The van der Waals surface area contributed by atoms with E-state index in [1.165, 1.54) is 0 Å². The van der Waals surface area contributed by atoms with Crippen LogP contribution in [-0.4, -0.2) is 23.1 Å². The fourth-order valence-electron chi connectivity index (χ4n) is 2.09. The molecular formula is C16H28BrN3O. The first-order valence-corrected chi connectivity index (χ1v) is 8.64. The highest BCUT2D eigenvalue weighted by atomic mass is 79.9. The number of rotatable bonds is 8. The molecule has 1 aromatic rings. The highest BCUT2D eigenvalue weighted by molar-refractivity contribution is 9.10. The van der Waals surface area contributed by atoms with E-state index in [4.69, 9.17) is 14.7 Å². The summed E-state index contributed by atoms with van der Waals surface area (Å²) in [7, 11) is 0. The van der Waals surface area contributed by atoms with Gasteiger partial charge in [-0.15, -0.1) is 0 Å². The van der Waals surface area contributed by atoms with E-state index in [1.54, 1.807) is 0 Å². The third-order valence-electron chi connectivity index (χ3n) is 3.58. The van der Waals surface area contributed by atoms with Crippen molar-refractivity contribution in [2.24, 2.45) is 0 Å². The first-order valence-electron chi connectivity index (χ1n) is 7.85. The molecule has 0 bridgehead atoms. The van der Waals surface area contributed by atoms with Crippen molar-refractivity contribution < 1.29 is 4.74 Å². The average Bonchev–Trinajstić information content (AvgIpc) is 2.45. The lowest BCUT2D eigenvalue weighted by Crippen LogP contribution is -2.29. The first-order chi connectivity index (χ1) is 9.89. The van der Waals surface area contributed by atoms with Gasteiger partial charge in [0.25, 0.3) is 0 Å². The van der Waals surface area contributed by atoms with Gasteiger partial charge in [0.15, 0.2) is 5.82 Å². The molecule has 0 aliphatic heterocycles. The van der Waals surface area contributed by atoms with Crippen LogP contribution >= 0.6 is 15.9 Å². The zero-order valence-corrected chi connectivity index (χ0v) is 15.7. The van der Waals surface area contributed by atoms with Crippen molar-refractivity contribution in [2.45, 2.75) is 65.9 Å². The van der Waals surface area contributed by atoms with Crippen molar-refractivity contribution in [3.8, 4) is 0 Å². The van der Waals surface area contributed by atoms with E-state index in [0.717, 1.165) is 41.2 Å². The fraction of sp³-hybridized carbons (Fsp3) is 0.750. The summed E-state index contributed by atoms with van der Waals surface area (Å²) in [5, 5.41) is 3.38. The monoisotopic (exact) mass is 357 g/mol. The lowest BCUT2D eigenvalue weighted by Gasteiger charge is -2.28. The van der Waals surface area contributed by atoms with Gasteiger partial charge in [0.2, 0.25) is 0 Å². The summed E-state index contributed by atoms with van der Waals surface area (Å²) in [5.74, 6) is 1.95. The van der Waals surface area contributed by atoms with Gasteiger partial charge in [0.1, 0.15) is 11.4 Å². The zero-order chi connectivity index (χ0) is 16.0. The van der Waals surface area contributed by atoms with Crippen LogP contribution in [-0.2, 0) is 10.3 Å². The predicted octanol–water partition coefficient (Wildman–Crippen LogP) is 4.85. The van der Waals surface area contributed by atoms with E-state index in [0.29, 0.717) is 12.5 Å². The molecule has 1 aromatic heterocycles. The Labute approximate surface area is 137 Å². The van der Waals surface area contributed by atoms with E-state index in [9.17, 15) is 0 Å². The number of nitrogens with one attached hydrogen (secondary N) is 1. The minimum atomic E-state index is -0.443. The van der Waals surface area contributed by atoms with Gasteiger partial charge in [-0.05, 0) is 48.5 Å². The Morgan fingerprint density at radius 2 is 1.90 bits per heavy atom. The largest absolute Gasteiger partial charge is 0.369 e. The summed E-state index contributed by atoms with van der Waals surface area (Å²) >= 11 is 3.65. The van der Waals surface area contributed by atoms with Gasteiger partial charge in [0.05, 0.1) is 10.2 Å². The highest BCUT2D eigenvalue weighted by Gasteiger charge is 2.30. The Kier molecular flexibility index (Phi) is 7.07. The first kappa shape index (κ1) is 18.4. The van der Waals surface area contributed by atoms with E-state index in [2.05, 4.69) is 55.9 Å². The van der Waals surface area contributed by atoms with Crippen molar-refractivity contribution in [3.05, 3.63) is 16.0 Å². The molecule has 0 radical (unpaired) electrons. The van der Waals surface area contributed by atoms with Crippen molar-refractivity contribution >= 4 is 21.7 Å². The van der Waals surface area contributed by atoms with Gasteiger partial charge in [-0.25, -0.2) is 9.97 Å². The molecular weight excluding hydrogens is 330 g/mol. The second kappa shape index (κ2) is 8.08. The van der Waals surface area contributed by atoms with Gasteiger partial charge in [0, 0.05) is 13.2 Å². The molecule has 4 nitrogen and oxygen atoms in total. The van der Waals surface area contributed by atoms with Crippen molar-refractivity contribution in [2.75, 3.05) is 18.5 Å². The molecule has 1 atom stereocenters. The molecule has 0 aliphatic rings. The highest BCUT2D eigenvalue weighted by Crippen LogP contribution is 2.34. The molecule has 0 saturated carbocycles. The maximum Gasteiger partial charge on any atom is 0.162 e. The molecule has 0 fully saturated rings. The summed E-state index contributed by atoms with van der Waals surface area (Å²) in [4.78, 5) is 9.50. The summed E-state index contributed by atoms with van der Waals surface area (Å²) in [6.45, 7) is 14.1. The number of aromatic nitrogens is 2. The maximum absolute atomic E-state index is 5.93.